The predicted molar refractivity (Wildman–Crippen MR) is 79.5 cm³/mol. The quantitative estimate of drug-likeness (QED) is 0.688. The van der Waals surface area contributed by atoms with Gasteiger partial charge in [0, 0.05) is 25.2 Å². The summed E-state index contributed by atoms with van der Waals surface area (Å²) >= 11 is 0. The highest BCUT2D eigenvalue weighted by molar-refractivity contribution is 5.25. The fourth-order valence-corrected chi connectivity index (χ4v) is 2.10. The Morgan fingerprint density at radius 1 is 1.37 bits per heavy atom. The largest absolute Gasteiger partial charge is 0.313 e. The average Bonchev–Trinajstić information content (AvgIpc) is 2.40. The minimum atomic E-state index is -0.120. The molecule has 0 aliphatic heterocycles. The van der Waals surface area contributed by atoms with Crippen molar-refractivity contribution in [3.63, 3.8) is 0 Å². The Morgan fingerprint density at radius 2 is 2.16 bits per heavy atom. The van der Waals surface area contributed by atoms with E-state index in [4.69, 9.17) is 0 Å². The third-order valence-corrected chi connectivity index (χ3v) is 3.01. The minimum absolute atomic E-state index is 0.120. The van der Waals surface area contributed by atoms with Crippen LogP contribution in [0.1, 0.15) is 31.4 Å². The summed E-state index contributed by atoms with van der Waals surface area (Å²) in [7, 11) is 0. The first-order valence-electron chi connectivity index (χ1n) is 7.02. The molecule has 0 bridgehead atoms. The van der Waals surface area contributed by atoms with E-state index in [1.807, 2.05) is 18.2 Å². The van der Waals surface area contributed by atoms with Crippen molar-refractivity contribution in [3.05, 3.63) is 47.8 Å². The van der Waals surface area contributed by atoms with Gasteiger partial charge >= 0.3 is 0 Å². The second-order valence-electron chi connectivity index (χ2n) is 4.73. The summed E-state index contributed by atoms with van der Waals surface area (Å²) in [6.45, 7) is 12.1. The highest BCUT2D eigenvalue weighted by atomic mass is 19.1. The average molecular weight is 264 g/mol. The van der Waals surface area contributed by atoms with Crippen molar-refractivity contribution in [3.8, 4) is 0 Å². The molecule has 0 radical (unpaired) electrons. The smallest absolute Gasteiger partial charge is 0.127 e. The molecule has 1 N–H and O–H groups in total. The normalized spacial score (nSPS) is 10.9. The van der Waals surface area contributed by atoms with E-state index < -0.39 is 0 Å². The van der Waals surface area contributed by atoms with Crippen molar-refractivity contribution in [2.75, 3.05) is 19.6 Å². The van der Waals surface area contributed by atoms with Crippen LogP contribution in [-0.2, 0) is 13.1 Å². The molecule has 1 rings (SSSR count). The molecule has 0 aliphatic rings. The van der Waals surface area contributed by atoms with Crippen LogP contribution in [-0.4, -0.2) is 24.5 Å². The molecule has 0 heterocycles. The molecule has 19 heavy (non-hydrogen) atoms. The Hall–Kier alpha value is -1.19. The molecule has 0 spiro atoms. The van der Waals surface area contributed by atoms with Crippen LogP contribution in [0.5, 0.6) is 0 Å². The summed E-state index contributed by atoms with van der Waals surface area (Å²) in [6.07, 6.45) is 2.93. The summed E-state index contributed by atoms with van der Waals surface area (Å²) in [6, 6.07) is 5.38. The SMILES string of the molecule is C=CCN(CCC)Cc1cc(CNCC)ccc1F. The third-order valence-electron chi connectivity index (χ3n) is 3.01. The maximum atomic E-state index is 13.9. The van der Waals surface area contributed by atoms with Gasteiger partial charge in [0.15, 0.2) is 0 Å². The predicted octanol–water partition coefficient (Wildman–Crippen LogP) is 3.33. The zero-order valence-electron chi connectivity index (χ0n) is 12.1. The Kier molecular flexibility index (Phi) is 7.38. The number of hydrogen-bond acceptors (Lipinski definition) is 2. The molecule has 3 heteroatoms. The summed E-state index contributed by atoms with van der Waals surface area (Å²) in [5.41, 5.74) is 1.90. The van der Waals surface area contributed by atoms with Crippen LogP contribution >= 0.6 is 0 Å². The van der Waals surface area contributed by atoms with E-state index in [1.54, 1.807) is 6.07 Å². The molecule has 2 nitrogen and oxygen atoms in total. The Morgan fingerprint density at radius 3 is 2.79 bits per heavy atom. The molecule has 0 saturated carbocycles. The van der Waals surface area contributed by atoms with E-state index in [0.29, 0.717) is 6.54 Å². The van der Waals surface area contributed by atoms with Crippen LogP contribution in [0, 0.1) is 5.82 Å². The van der Waals surface area contributed by atoms with Gasteiger partial charge in [-0.05, 0) is 31.1 Å². The van der Waals surface area contributed by atoms with Gasteiger partial charge in [0.1, 0.15) is 5.82 Å². The van der Waals surface area contributed by atoms with Gasteiger partial charge in [-0.15, -0.1) is 6.58 Å². The van der Waals surface area contributed by atoms with Crippen molar-refractivity contribution in [1.82, 2.24) is 10.2 Å². The molecule has 0 aliphatic carbocycles. The summed E-state index contributed by atoms with van der Waals surface area (Å²) in [5, 5.41) is 3.26. The van der Waals surface area contributed by atoms with E-state index in [1.165, 1.54) is 0 Å². The van der Waals surface area contributed by atoms with Crippen LogP contribution in [0.2, 0.25) is 0 Å². The zero-order valence-corrected chi connectivity index (χ0v) is 12.1. The van der Waals surface area contributed by atoms with Gasteiger partial charge in [0.2, 0.25) is 0 Å². The molecule has 0 fully saturated rings. The molecule has 0 saturated heterocycles. The van der Waals surface area contributed by atoms with Gasteiger partial charge in [-0.3, -0.25) is 4.90 Å². The van der Waals surface area contributed by atoms with E-state index >= 15 is 0 Å². The van der Waals surface area contributed by atoms with E-state index in [2.05, 4.69) is 30.6 Å². The monoisotopic (exact) mass is 264 g/mol. The second-order valence-corrected chi connectivity index (χ2v) is 4.73. The van der Waals surface area contributed by atoms with E-state index in [9.17, 15) is 4.39 Å². The van der Waals surface area contributed by atoms with Crippen molar-refractivity contribution in [1.29, 1.82) is 0 Å². The number of nitrogens with zero attached hydrogens (tertiary/aromatic N) is 1. The lowest BCUT2D eigenvalue weighted by atomic mass is 10.1. The van der Waals surface area contributed by atoms with Crippen molar-refractivity contribution in [2.45, 2.75) is 33.4 Å². The fourth-order valence-electron chi connectivity index (χ4n) is 2.10. The van der Waals surface area contributed by atoms with Gasteiger partial charge in [-0.1, -0.05) is 32.1 Å². The van der Waals surface area contributed by atoms with Crippen molar-refractivity contribution >= 4 is 0 Å². The minimum Gasteiger partial charge on any atom is -0.313 e. The van der Waals surface area contributed by atoms with Crippen LogP contribution in [0.25, 0.3) is 0 Å². The highest BCUT2D eigenvalue weighted by Crippen LogP contribution is 2.13. The molecule has 0 atom stereocenters. The fraction of sp³-hybridized carbons (Fsp3) is 0.500. The van der Waals surface area contributed by atoms with Gasteiger partial charge in [0.05, 0.1) is 0 Å². The molecule has 1 aromatic rings. The first kappa shape index (κ1) is 15.9. The van der Waals surface area contributed by atoms with E-state index in [0.717, 1.165) is 43.7 Å². The summed E-state index contributed by atoms with van der Waals surface area (Å²) < 4.78 is 13.9. The molecular weight excluding hydrogens is 239 g/mol. The zero-order chi connectivity index (χ0) is 14.1. The first-order valence-corrected chi connectivity index (χ1v) is 7.02. The molecular formula is C16H25FN2. The summed E-state index contributed by atoms with van der Waals surface area (Å²) in [5.74, 6) is -0.120. The number of nitrogens with one attached hydrogen (secondary N) is 1. The summed E-state index contributed by atoms with van der Waals surface area (Å²) in [4.78, 5) is 2.21. The Bertz CT molecular complexity index is 390. The number of benzene rings is 1. The maximum Gasteiger partial charge on any atom is 0.127 e. The number of hydrogen-bond donors (Lipinski definition) is 1. The molecule has 1 aromatic carbocycles. The van der Waals surface area contributed by atoms with Crippen LogP contribution in [0.15, 0.2) is 30.9 Å². The van der Waals surface area contributed by atoms with Crippen LogP contribution < -0.4 is 5.32 Å². The van der Waals surface area contributed by atoms with Crippen molar-refractivity contribution < 1.29 is 4.39 Å². The molecule has 106 valence electrons. The first-order chi connectivity index (χ1) is 9.21. The maximum absolute atomic E-state index is 13.9. The number of rotatable bonds is 9. The van der Waals surface area contributed by atoms with Gasteiger partial charge in [-0.2, -0.15) is 0 Å². The van der Waals surface area contributed by atoms with Gasteiger partial charge < -0.3 is 5.32 Å². The van der Waals surface area contributed by atoms with Gasteiger partial charge in [0.25, 0.3) is 0 Å². The third kappa shape index (κ3) is 5.53. The topological polar surface area (TPSA) is 15.3 Å². The van der Waals surface area contributed by atoms with Crippen molar-refractivity contribution in [2.24, 2.45) is 0 Å². The number of halogens is 1. The molecule has 0 aromatic heterocycles. The molecule has 0 amide bonds. The van der Waals surface area contributed by atoms with Crippen LogP contribution in [0.3, 0.4) is 0 Å². The molecule has 0 unspecified atom stereocenters. The lowest BCUT2D eigenvalue weighted by molar-refractivity contribution is 0.290. The Labute approximate surface area is 116 Å². The lowest BCUT2D eigenvalue weighted by Crippen LogP contribution is -2.24. The van der Waals surface area contributed by atoms with Gasteiger partial charge in [-0.25, -0.2) is 4.39 Å². The van der Waals surface area contributed by atoms with E-state index in [-0.39, 0.29) is 5.82 Å². The standard InChI is InChI=1S/C16H25FN2/c1-4-9-19(10-5-2)13-15-11-14(12-18-6-3)7-8-16(15)17/h4,7-8,11,18H,1,5-6,9-10,12-13H2,2-3H3. The Balaban J connectivity index is 2.76. The second kappa shape index (κ2) is 8.83. The van der Waals surface area contributed by atoms with Crippen LogP contribution in [0.4, 0.5) is 4.39 Å². The highest BCUT2D eigenvalue weighted by Gasteiger charge is 2.08. The lowest BCUT2D eigenvalue weighted by Gasteiger charge is -2.20.